The minimum absolute atomic E-state index is 0.0895. The summed E-state index contributed by atoms with van der Waals surface area (Å²) in [4.78, 5) is 38.1. The molecule has 140 valence electrons. The van der Waals surface area contributed by atoms with Crippen LogP contribution in [-0.2, 0) is 20.8 Å². The standard InChI is InChI=1S/C17H22N4O5/c1-9(22)15(18)16(24)20-8-14(23)21-13(17(25)26)6-10-7-19-12-5-3-2-4-11(10)12/h2-5,7,9,13,15,19,22H,6,8,18H2,1H3,(H,20,24)(H,21,23)(H,25,26)/t9-,13+,15+/m1/s1. The van der Waals surface area contributed by atoms with Gasteiger partial charge in [0.2, 0.25) is 11.8 Å². The molecule has 3 atom stereocenters. The zero-order valence-electron chi connectivity index (χ0n) is 14.2. The minimum atomic E-state index is -1.18. The lowest BCUT2D eigenvalue weighted by atomic mass is 10.0. The Bertz CT molecular complexity index is 801. The van der Waals surface area contributed by atoms with Gasteiger partial charge in [0.1, 0.15) is 12.1 Å². The van der Waals surface area contributed by atoms with E-state index in [1.54, 1.807) is 6.20 Å². The molecule has 0 radical (unpaired) electrons. The Morgan fingerprint density at radius 1 is 1.27 bits per heavy atom. The number of aliphatic carboxylic acids is 1. The number of aliphatic hydroxyl groups is 1. The third-order valence-electron chi connectivity index (χ3n) is 3.98. The van der Waals surface area contributed by atoms with Crippen LogP contribution in [0, 0.1) is 0 Å². The molecule has 9 heteroatoms. The predicted molar refractivity (Wildman–Crippen MR) is 94.2 cm³/mol. The maximum atomic E-state index is 11.9. The van der Waals surface area contributed by atoms with Gasteiger partial charge in [0, 0.05) is 23.5 Å². The van der Waals surface area contributed by atoms with Crippen molar-refractivity contribution in [1.82, 2.24) is 15.6 Å². The third kappa shape index (κ3) is 4.80. The normalized spacial score (nSPS) is 14.4. The van der Waals surface area contributed by atoms with Gasteiger partial charge in [-0.25, -0.2) is 4.79 Å². The molecule has 0 aliphatic heterocycles. The third-order valence-corrected chi connectivity index (χ3v) is 3.98. The number of carbonyl (C=O) groups is 3. The SMILES string of the molecule is C[C@@H](O)[C@H](N)C(=O)NCC(=O)N[C@@H](Cc1c[nH]c2ccccc12)C(=O)O. The zero-order valence-corrected chi connectivity index (χ0v) is 14.2. The molecule has 1 aromatic carbocycles. The van der Waals surface area contributed by atoms with Crippen LogP contribution in [0.15, 0.2) is 30.5 Å². The van der Waals surface area contributed by atoms with Crippen LogP contribution in [0.5, 0.6) is 0 Å². The number of fused-ring (bicyclic) bond motifs is 1. The van der Waals surface area contributed by atoms with Crippen molar-refractivity contribution in [3.8, 4) is 0 Å². The van der Waals surface area contributed by atoms with Crippen molar-refractivity contribution in [2.75, 3.05) is 6.54 Å². The van der Waals surface area contributed by atoms with Gasteiger partial charge in [-0.15, -0.1) is 0 Å². The van der Waals surface area contributed by atoms with Crippen LogP contribution < -0.4 is 16.4 Å². The number of aromatic amines is 1. The highest BCUT2D eigenvalue weighted by molar-refractivity contribution is 5.90. The van der Waals surface area contributed by atoms with Crippen LogP contribution in [0.4, 0.5) is 0 Å². The van der Waals surface area contributed by atoms with Crippen LogP contribution in [0.1, 0.15) is 12.5 Å². The Labute approximate surface area is 149 Å². The molecule has 2 aromatic rings. The number of carboxylic acid groups (broad SMARTS) is 1. The Hall–Kier alpha value is -2.91. The highest BCUT2D eigenvalue weighted by Crippen LogP contribution is 2.19. The number of nitrogens with two attached hydrogens (primary N) is 1. The van der Waals surface area contributed by atoms with Crippen molar-refractivity contribution in [3.63, 3.8) is 0 Å². The summed E-state index contributed by atoms with van der Waals surface area (Å²) in [5.41, 5.74) is 7.08. The lowest BCUT2D eigenvalue weighted by molar-refractivity contribution is -0.141. The summed E-state index contributed by atoms with van der Waals surface area (Å²) in [6.07, 6.45) is 0.731. The lowest BCUT2D eigenvalue weighted by Gasteiger charge is -2.16. The fourth-order valence-corrected chi connectivity index (χ4v) is 2.47. The average Bonchev–Trinajstić information content (AvgIpc) is 3.01. The largest absolute Gasteiger partial charge is 0.480 e. The van der Waals surface area contributed by atoms with Crippen molar-refractivity contribution in [1.29, 1.82) is 0 Å². The summed E-state index contributed by atoms with van der Waals surface area (Å²) in [5.74, 6) is -2.54. The minimum Gasteiger partial charge on any atom is -0.480 e. The molecule has 2 rings (SSSR count). The Morgan fingerprint density at radius 3 is 2.62 bits per heavy atom. The zero-order chi connectivity index (χ0) is 19.3. The van der Waals surface area contributed by atoms with Crippen molar-refractivity contribution in [3.05, 3.63) is 36.0 Å². The molecule has 1 aromatic heterocycles. The lowest BCUT2D eigenvalue weighted by Crippen LogP contribution is -2.51. The first-order valence-electron chi connectivity index (χ1n) is 8.08. The highest BCUT2D eigenvalue weighted by Gasteiger charge is 2.23. The van der Waals surface area contributed by atoms with Gasteiger partial charge in [0.15, 0.2) is 0 Å². The number of hydrogen-bond acceptors (Lipinski definition) is 5. The second-order valence-corrected chi connectivity index (χ2v) is 6.01. The Balaban J connectivity index is 1.96. The van der Waals surface area contributed by atoms with Gasteiger partial charge in [-0.3, -0.25) is 9.59 Å². The quantitative estimate of drug-likeness (QED) is 0.357. The monoisotopic (exact) mass is 362 g/mol. The van der Waals surface area contributed by atoms with Crippen LogP contribution >= 0.6 is 0 Å². The second-order valence-electron chi connectivity index (χ2n) is 6.01. The smallest absolute Gasteiger partial charge is 0.326 e. The molecule has 0 saturated heterocycles. The number of hydrogen-bond donors (Lipinski definition) is 6. The van der Waals surface area contributed by atoms with E-state index in [1.165, 1.54) is 6.92 Å². The molecule has 0 aliphatic rings. The molecule has 0 spiro atoms. The molecule has 7 N–H and O–H groups in total. The average molecular weight is 362 g/mol. The van der Waals surface area contributed by atoms with Crippen LogP contribution in [0.25, 0.3) is 10.9 Å². The van der Waals surface area contributed by atoms with E-state index in [9.17, 15) is 24.6 Å². The van der Waals surface area contributed by atoms with Gasteiger partial charge in [-0.2, -0.15) is 0 Å². The maximum Gasteiger partial charge on any atom is 0.326 e. The summed E-state index contributed by atoms with van der Waals surface area (Å²) in [5, 5.41) is 24.1. The highest BCUT2D eigenvalue weighted by atomic mass is 16.4. The van der Waals surface area contributed by atoms with E-state index in [1.807, 2.05) is 24.3 Å². The predicted octanol–water partition coefficient (Wildman–Crippen LogP) is -0.896. The number of H-pyrrole nitrogens is 1. The van der Waals surface area contributed by atoms with Crippen molar-refractivity contribution in [2.24, 2.45) is 5.73 Å². The van der Waals surface area contributed by atoms with Gasteiger partial charge >= 0.3 is 5.97 Å². The second kappa shape index (κ2) is 8.45. The summed E-state index contributed by atoms with van der Waals surface area (Å²) < 4.78 is 0. The molecule has 1 heterocycles. The fraction of sp³-hybridized carbons (Fsp3) is 0.353. The van der Waals surface area contributed by atoms with E-state index in [0.717, 1.165) is 16.5 Å². The molecular weight excluding hydrogens is 340 g/mol. The number of carboxylic acids is 1. The number of rotatable bonds is 8. The number of para-hydroxylation sites is 1. The molecule has 26 heavy (non-hydrogen) atoms. The van der Waals surface area contributed by atoms with E-state index in [4.69, 9.17) is 5.73 Å². The number of aromatic nitrogens is 1. The van der Waals surface area contributed by atoms with Crippen molar-refractivity contribution in [2.45, 2.75) is 31.5 Å². The summed E-state index contributed by atoms with van der Waals surface area (Å²) >= 11 is 0. The summed E-state index contributed by atoms with van der Waals surface area (Å²) in [6, 6.07) is 5.12. The van der Waals surface area contributed by atoms with Crippen LogP contribution in [0.2, 0.25) is 0 Å². The molecule has 0 aliphatic carbocycles. The number of nitrogens with one attached hydrogen (secondary N) is 3. The maximum absolute atomic E-state index is 11.9. The first kappa shape index (κ1) is 19.4. The van der Waals surface area contributed by atoms with Crippen molar-refractivity contribution < 1.29 is 24.6 Å². The number of carbonyl (C=O) groups excluding carboxylic acids is 2. The van der Waals surface area contributed by atoms with Gasteiger partial charge < -0.3 is 31.6 Å². The van der Waals surface area contributed by atoms with Gasteiger partial charge in [-0.1, -0.05) is 18.2 Å². The molecule has 0 bridgehead atoms. The number of benzene rings is 1. The molecule has 0 saturated carbocycles. The van der Waals surface area contributed by atoms with Crippen LogP contribution in [0.3, 0.4) is 0 Å². The number of amides is 2. The van der Waals surface area contributed by atoms with E-state index in [2.05, 4.69) is 15.6 Å². The summed E-state index contributed by atoms with van der Waals surface area (Å²) in [6.45, 7) is 0.920. The molecule has 9 nitrogen and oxygen atoms in total. The fourth-order valence-electron chi connectivity index (χ4n) is 2.47. The van der Waals surface area contributed by atoms with Gasteiger partial charge in [0.25, 0.3) is 0 Å². The molecule has 2 amide bonds. The Kier molecular flexibility index (Phi) is 6.31. The van der Waals surface area contributed by atoms with Gasteiger partial charge in [0.05, 0.1) is 12.6 Å². The van der Waals surface area contributed by atoms with E-state index in [0.29, 0.717) is 0 Å². The molecule has 0 fully saturated rings. The Morgan fingerprint density at radius 2 is 1.96 bits per heavy atom. The number of aliphatic hydroxyl groups excluding tert-OH is 1. The molecule has 0 unspecified atom stereocenters. The van der Waals surface area contributed by atoms with Gasteiger partial charge in [-0.05, 0) is 18.6 Å². The van der Waals surface area contributed by atoms with E-state index < -0.39 is 42.5 Å². The van der Waals surface area contributed by atoms with Crippen molar-refractivity contribution >= 4 is 28.7 Å². The molecular formula is C17H22N4O5. The first-order chi connectivity index (χ1) is 12.3. The first-order valence-corrected chi connectivity index (χ1v) is 8.08. The van der Waals surface area contributed by atoms with E-state index >= 15 is 0 Å². The van der Waals surface area contributed by atoms with E-state index in [-0.39, 0.29) is 6.42 Å². The summed E-state index contributed by atoms with van der Waals surface area (Å²) in [7, 11) is 0. The van der Waals surface area contributed by atoms with Crippen LogP contribution in [-0.4, -0.2) is 57.7 Å². The topological polar surface area (TPSA) is 158 Å².